The monoisotopic (exact) mass is 222 g/mol. The van der Waals surface area contributed by atoms with Gasteiger partial charge >= 0.3 is 0 Å². The molecule has 0 bridgehead atoms. The fraction of sp³-hybridized carbons (Fsp3) is 0.538. The number of nitrogens with one attached hydrogen (secondary N) is 1. The van der Waals surface area contributed by atoms with Gasteiger partial charge in [-0.1, -0.05) is 18.2 Å². The van der Waals surface area contributed by atoms with Gasteiger partial charge in [-0.25, -0.2) is 0 Å². The number of aryl methyl sites for hydroxylation is 2. The van der Waals surface area contributed by atoms with Gasteiger partial charge in [0.05, 0.1) is 18.8 Å². The molecule has 1 atom stereocenters. The molecular weight excluding hydrogens is 200 g/mol. The van der Waals surface area contributed by atoms with Crippen LogP contribution in [0.2, 0.25) is 0 Å². The highest BCUT2D eigenvalue weighted by atomic mass is 16.5. The van der Waals surface area contributed by atoms with Gasteiger partial charge in [0.15, 0.2) is 0 Å². The van der Waals surface area contributed by atoms with E-state index >= 15 is 0 Å². The Morgan fingerprint density at radius 1 is 1.25 bits per heavy atom. The van der Waals surface area contributed by atoms with Crippen molar-refractivity contribution in [3.05, 3.63) is 34.9 Å². The first-order chi connectivity index (χ1) is 7.54. The third kappa shape index (κ3) is 3.59. The predicted octanol–water partition coefficient (Wildman–Crippen LogP) is 2.23. The number of ether oxygens (including phenoxy) is 1. The van der Waals surface area contributed by atoms with Crippen LogP contribution in [0.15, 0.2) is 18.2 Å². The highest BCUT2D eigenvalue weighted by Crippen LogP contribution is 2.17. The fourth-order valence-corrected chi connectivity index (χ4v) is 1.51. The molecule has 3 heteroatoms. The zero-order valence-electron chi connectivity index (χ0n) is 10.6. The number of rotatable bonds is 5. The van der Waals surface area contributed by atoms with Gasteiger partial charge in [0.1, 0.15) is 0 Å². The lowest BCUT2D eigenvalue weighted by Crippen LogP contribution is -2.32. The molecule has 1 aromatic carbocycles. The van der Waals surface area contributed by atoms with Crippen LogP contribution in [0.1, 0.15) is 36.6 Å². The van der Waals surface area contributed by atoms with Crippen molar-refractivity contribution in [3.63, 3.8) is 0 Å². The molecule has 1 rings (SSSR count). The van der Waals surface area contributed by atoms with Gasteiger partial charge < -0.3 is 4.74 Å². The lowest BCUT2D eigenvalue weighted by Gasteiger charge is -2.19. The van der Waals surface area contributed by atoms with Crippen LogP contribution in [-0.4, -0.2) is 12.7 Å². The lowest BCUT2D eigenvalue weighted by atomic mass is 10.0. The van der Waals surface area contributed by atoms with Crippen LogP contribution >= 0.6 is 0 Å². The summed E-state index contributed by atoms with van der Waals surface area (Å²) >= 11 is 0. The van der Waals surface area contributed by atoms with Gasteiger partial charge in [0, 0.05) is 0 Å². The maximum atomic E-state index is 5.58. The number of hydrazine groups is 1. The molecule has 3 nitrogen and oxygen atoms in total. The topological polar surface area (TPSA) is 47.3 Å². The van der Waals surface area contributed by atoms with Crippen molar-refractivity contribution in [1.82, 2.24) is 5.43 Å². The normalized spacial score (nSPS) is 13.1. The molecule has 0 aliphatic carbocycles. The Morgan fingerprint density at radius 2 is 1.94 bits per heavy atom. The second-order valence-electron chi connectivity index (χ2n) is 4.45. The van der Waals surface area contributed by atoms with Crippen molar-refractivity contribution in [2.24, 2.45) is 5.84 Å². The molecule has 90 valence electrons. The Bertz CT molecular complexity index is 337. The van der Waals surface area contributed by atoms with Crippen LogP contribution in [0.25, 0.3) is 0 Å². The number of benzene rings is 1. The predicted molar refractivity (Wildman–Crippen MR) is 67.1 cm³/mol. The zero-order chi connectivity index (χ0) is 12.1. The van der Waals surface area contributed by atoms with Gasteiger partial charge in [0.25, 0.3) is 0 Å². The largest absolute Gasteiger partial charge is 0.377 e. The first-order valence-corrected chi connectivity index (χ1v) is 5.69. The molecule has 16 heavy (non-hydrogen) atoms. The van der Waals surface area contributed by atoms with Crippen LogP contribution in [0.3, 0.4) is 0 Å². The van der Waals surface area contributed by atoms with Gasteiger partial charge in [-0.3, -0.25) is 11.3 Å². The van der Waals surface area contributed by atoms with Crippen molar-refractivity contribution in [2.45, 2.75) is 39.8 Å². The third-order valence-electron chi connectivity index (χ3n) is 2.73. The van der Waals surface area contributed by atoms with E-state index in [0.29, 0.717) is 6.61 Å². The number of hydrogen-bond donors (Lipinski definition) is 2. The molecule has 0 radical (unpaired) electrons. The quantitative estimate of drug-likeness (QED) is 0.593. The van der Waals surface area contributed by atoms with Crippen molar-refractivity contribution in [3.8, 4) is 0 Å². The van der Waals surface area contributed by atoms with Gasteiger partial charge in [0.2, 0.25) is 0 Å². The summed E-state index contributed by atoms with van der Waals surface area (Å²) in [6.07, 6.45) is 0.224. The molecule has 3 N–H and O–H groups in total. The Labute approximate surface area is 98.0 Å². The Morgan fingerprint density at radius 3 is 2.44 bits per heavy atom. The summed E-state index contributed by atoms with van der Waals surface area (Å²) in [6, 6.07) is 6.42. The van der Waals surface area contributed by atoms with E-state index in [0.717, 1.165) is 0 Å². The molecule has 0 heterocycles. The summed E-state index contributed by atoms with van der Waals surface area (Å²) in [6.45, 7) is 8.85. The highest BCUT2D eigenvalue weighted by molar-refractivity contribution is 5.31. The fourth-order valence-electron chi connectivity index (χ4n) is 1.51. The zero-order valence-corrected chi connectivity index (χ0v) is 10.6. The summed E-state index contributed by atoms with van der Waals surface area (Å²) in [5.41, 5.74) is 6.54. The van der Waals surface area contributed by atoms with E-state index in [2.05, 4.69) is 37.5 Å². The second kappa shape index (κ2) is 5.99. The summed E-state index contributed by atoms with van der Waals surface area (Å²) < 4.78 is 5.58. The summed E-state index contributed by atoms with van der Waals surface area (Å²) in [4.78, 5) is 0. The van der Waals surface area contributed by atoms with Crippen LogP contribution in [-0.2, 0) is 4.74 Å². The molecule has 0 saturated carbocycles. The smallest absolute Gasteiger partial charge is 0.0694 e. The molecule has 1 unspecified atom stereocenters. The summed E-state index contributed by atoms with van der Waals surface area (Å²) in [5.74, 6) is 5.55. The van der Waals surface area contributed by atoms with E-state index in [1.807, 2.05) is 13.8 Å². The van der Waals surface area contributed by atoms with E-state index < -0.39 is 0 Å². The van der Waals surface area contributed by atoms with Crippen LogP contribution in [0.4, 0.5) is 0 Å². The first-order valence-electron chi connectivity index (χ1n) is 5.69. The van der Waals surface area contributed by atoms with Crippen LogP contribution in [0.5, 0.6) is 0 Å². The molecule has 0 aliphatic rings. The molecular formula is C13H22N2O. The van der Waals surface area contributed by atoms with E-state index in [4.69, 9.17) is 10.6 Å². The average Bonchev–Trinajstić information content (AvgIpc) is 2.23. The maximum absolute atomic E-state index is 5.58. The second-order valence-corrected chi connectivity index (χ2v) is 4.45. The number of nitrogens with two attached hydrogens (primary N) is 1. The minimum atomic E-state index is 0.0571. The van der Waals surface area contributed by atoms with E-state index in [1.165, 1.54) is 16.7 Å². The van der Waals surface area contributed by atoms with E-state index in [9.17, 15) is 0 Å². The summed E-state index contributed by atoms with van der Waals surface area (Å²) in [7, 11) is 0. The van der Waals surface area contributed by atoms with Crippen LogP contribution in [0, 0.1) is 13.8 Å². The van der Waals surface area contributed by atoms with Gasteiger partial charge in [-0.05, 0) is 44.4 Å². The average molecular weight is 222 g/mol. The number of hydrogen-bond acceptors (Lipinski definition) is 3. The lowest BCUT2D eigenvalue weighted by molar-refractivity contribution is 0.0611. The Balaban J connectivity index is 2.74. The minimum Gasteiger partial charge on any atom is -0.377 e. The molecule has 0 fully saturated rings. The summed E-state index contributed by atoms with van der Waals surface area (Å²) in [5, 5.41) is 0. The van der Waals surface area contributed by atoms with Crippen LogP contribution < -0.4 is 11.3 Å². The molecule has 0 aliphatic heterocycles. The Hall–Kier alpha value is -0.900. The highest BCUT2D eigenvalue weighted by Gasteiger charge is 2.11. The van der Waals surface area contributed by atoms with Gasteiger partial charge in [-0.2, -0.15) is 0 Å². The van der Waals surface area contributed by atoms with E-state index in [-0.39, 0.29) is 12.1 Å². The Kier molecular flexibility index (Phi) is 4.93. The van der Waals surface area contributed by atoms with Crippen molar-refractivity contribution < 1.29 is 4.74 Å². The maximum Gasteiger partial charge on any atom is 0.0694 e. The minimum absolute atomic E-state index is 0.0571. The van der Waals surface area contributed by atoms with Crippen molar-refractivity contribution >= 4 is 0 Å². The van der Waals surface area contributed by atoms with Crippen molar-refractivity contribution in [1.29, 1.82) is 0 Å². The van der Waals surface area contributed by atoms with Gasteiger partial charge in [-0.15, -0.1) is 0 Å². The molecule has 0 saturated heterocycles. The third-order valence-corrected chi connectivity index (χ3v) is 2.73. The van der Waals surface area contributed by atoms with Crippen molar-refractivity contribution in [2.75, 3.05) is 6.61 Å². The molecule has 1 aromatic rings. The molecule has 0 amide bonds. The molecule has 0 spiro atoms. The molecule has 0 aromatic heterocycles. The van der Waals surface area contributed by atoms with E-state index in [1.54, 1.807) is 0 Å². The SMILES string of the molecule is Cc1ccc(C(COC(C)C)NN)cc1C. The first kappa shape index (κ1) is 13.2. The standard InChI is InChI=1S/C13H22N2O/c1-9(2)16-8-13(15-14)12-6-5-10(3)11(4)7-12/h5-7,9,13,15H,8,14H2,1-4H3.